The Balaban J connectivity index is 0.000000123. The Bertz CT molecular complexity index is 6280. The Kier molecular flexibility index (Phi) is 35.9. The largest absolute Gasteiger partial charge is 0.380 e. The third-order valence-electron chi connectivity index (χ3n) is 29.1. The fraction of sp³-hybridized carbons (Fsp3) is 0.397. The molecule has 10 heterocycles. The molecule has 21 rings (SSSR count). The second-order valence-corrected chi connectivity index (χ2v) is 39.0. The van der Waals surface area contributed by atoms with Crippen LogP contribution in [0.4, 0.5) is 45.7 Å². The van der Waals surface area contributed by atoms with Gasteiger partial charge >= 0.3 is 0 Å². The minimum atomic E-state index is -1.23. The van der Waals surface area contributed by atoms with E-state index in [4.69, 9.17) is 24.7 Å². The Morgan fingerprint density at radius 1 is 0.310 bits per heavy atom. The number of likely N-dealkylation sites (tertiary alicyclic amines) is 3. The molecular formula is C116H141F5N18O3. The van der Waals surface area contributed by atoms with Crippen LogP contribution in [0.2, 0.25) is 0 Å². The number of anilines is 4. The van der Waals surface area contributed by atoms with Crippen LogP contribution in [0.5, 0.6) is 0 Å². The van der Waals surface area contributed by atoms with Crippen molar-refractivity contribution in [3.8, 4) is 0 Å². The van der Waals surface area contributed by atoms with Gasteiger partial charge in [-0.2, -0.15) is 0 Å². The van der Waals surface area contributed by atoms with Gasteiger partial charge in [-0.05, 0) is 339 Å². The normalized spacial score (nSPS) is 16.8. The van der Waals surface area contributed by atoms with Crippen molar-refractivity contribution in [1.82, 2.24) is 68.0 Å². The molecule has 21 nitrogen and oxygen atoms in total. The van der Waals surface area contributed by atoms with Gasteiger partial charge in [-0.1, -0.05) is 170 Å². The standard InChI is InChI=1S/C21H25FN4.2C20H23FN4.C19H21F2NO.C19H23NO.C17H26N4O/c1-24-12-4-14-25(15-5-13-24)21-23-19-6-2-3-7-20(19)26(21)16-17-8-10-18(22)11-9-17;1-24-12-10-17(11-13-24)22-20-23-18-4-2-3-5-19(18)25(20)14-15-6-8-16(21)9-7-15;1-22-17-10-12-24(13-11-17)20-23-18-4-2-3-5-19(18)25(20)14-15-6-8-16(21)9-7-15;1-22-12-10-16(11-13-22)19(23,14-2-6-17(20)7-3-14)15-4-8-18(21)9-5-15;1-20-14-12-18(13-15-20)19(21,16-8-4-2-5-9-16)17-10-6-3-7-11-17;1-3-22-14-13-21-16-8-5-4-7-15(16)18-17(21)20-10-6-9-19(2)11-12-20/h2-3,6-11H,4-5,12-16H2,1H3;2-9,17H,10-14H2,1H3,(H,22,23);2-9,17,22H,10-14H2,1H3;2-9,16,23H,10-13H2,1H3;2-11,18,21H,12-15H2,1H3;4-5,7-8H,3,6,9-14H2,1-2H3. The highest BCUT2D eigenvalue weighted by Gasteiger charge is 2.43. The number of imidazole rings is 4. The number of piperidine rings is 4. The molecule has 15 aromatic rings. The summed E-state index contributed by atoms with van der Waals surface area (Å²) >= 11 is 0. The number of halogens is 5. The zero-order valence-electron chi connectivity index (χ0n) is 83.5. The average molecular weight is 1930 g/mol. The minimum Gasteiger partial charge on any atom is -0.380 e. The maximum atomic E-state index is 13.3. The highest BCUT2D eigenvalue weighted by Crippen LogP contribution is 2.44. The molecule has 6 aliphatic rings. The number of para-hydroxylation sites is 8. The fourth-order valence-corrected chi connectivity index (χ4v) is 20.8. The molecule has 0 amide bonds. The summed E-state index contributed by atoms with van der Waals surface area (Å²) in [5.41, 5.74) is 13.1. The number of benzene rings is 11. The lowest BCUT2D eigenvalue weighted by Crippen LogP contribution is -2.43. The summed E-state index contributed by atoms with van der Waals surface area (Å²) in [5, 5.41) is 30.2. The number of ether oxygens (including phenoxy) is 1. The average Bonchev–Trinajstić information content (AvgIpc) is 1.37. The van der Waals surface area contributed by atoms with Crippen molar-refractivity contribution in [2.24, 2.45) is 11.8 Å². The molecule has 0 atom stereocenters. The lowest BCUT2D eigenvalue weighted by Gasteiger charge is -2.41. The van der Waals surface area contributed by atoms with Crippen molar-refractivity contribution >= 4 is 67.9 Å². The van der Waals surface area contributed by atoms with E-state index < -0.39 is 11.2 Å². The lowest BCUT2D eigenvalue weighted by atomic mass is 9.72. The molecule has 26 heteroatoms. The van der Waals surface area contributed by atoms with E-state index in [9.17, 15) is 32.2 Å². The first kappa shape index (κ1) is 103. The number of hydrogen-bond donors (Lipinski definition) is 4. The molecule has 11 aromatic carbocycles. The van der Waals surface area contributed by atoms with Crippen LogP contribution in [0, 0.1) is 40.9 Å². The van der Waals surface area contributed by atoms with Crippen LogP contribution >= 0.6 is 0 Å². The third-order valence-corrected chi connectivity index (χ3v) is 29.1. The topological polar surface area (TPSA) is 171 Å². The van der Waals surface area contributed by atoms with Gasteiger partial charge in [0.25, 0.3) is 0 Å². The number of nitrogens with one attached hydrogen (secondary N) is 2. The quantitative estimate of drug-likeness (QED) is 0.0373. The molecule has 0 saturated carbocycles. The van der Waals surface area contributed by atoms with Crippen molar-refractivity contribution < 1.29 is 36.9 Å². The first-order chi connectivity index (χ1) is 69.1. The minimum absolute atomic E-state index is 0.00891. The van der Waals surface area contributed by atoms with Crippen molar-refractivity contribution in [3.05, 3.63) is 347 Å². The molecule has 0 spiro atoms. The summed E-state index contributed by atoms with van der Waals surface area (Å²) in [4.78, 5) is 38.5. The van der Waals surface area contributed by atoms with Crippen LogP contribution in [-0.2, 0) is 42.1 Å². The van der Waals surface area contributed by atoms with Gasteiger partial charge in [-0.25, -0.2) is 41.9 Å². The van der Waals surface area contributed by atoms with E-state index in [-0.39, 0.29) is 40.9 Å². The summed E-state index contributed by atoms with van der Waals surface area (Å²) in [5.74, 6) is 3.04. The van der Waals surface area contributed by atoms with Crippen LogP contribution in [0.15, 0.2) is 279 Å². The van der Waals surface area contributed by atoms with Crippen LogP contribution in [0.25, 0.3) is 44.1 Å². The molecule has 748 valence electrons. The number of likely N-dealkylation sites (N-methyl/N-ethyl adjacent to an activating group) is 1. The number of aromatic nitrogens is 8. The zero-order chi connectivity index (χ0) is 98.9. The molecule has 6 aliphatic heterocycles. The molecular weight excluding hydrogens is 1790 g/mol. The van der Waals surface area contributed by atoms with Gasteiger partial charge in [0.15, 0.2) is 0 Å². The Hall–Kier alpha value is -12.2. The molecule has 0 aliphatic carbocycles. The number of nitrogens with zero attached hydrogens (tertiary/aromatic N) is 16. The van der Waals surface area contributed by atoms with Crippen molar-refractivity contribution in [2.75, 3.05) is 180 Å². The molecule has 6 fully saturated rings. The summed E-state index contributed by atoms with van der Waals surface area (Å²) < 4.78 is 80.9. The first-order valence-electron chi connectivity index (χ1n) is 51.0. The van der Waals surface area contributed by atoms with E-state index in [0.717, 1.165) is 279 Å². The van der Waals surface area contributed by atoms with E-state index in [2.05, 4.69) is 164 Å². The highest BCUT2D eigenvalue weighted by molar-refractivity contribution is 5.82. The summed E-state index contributed by atoms with van der Waals surface area (Å²) in [6, 6.07) is 86.5. The van der Waals surface area contributed by atoms with E-state index in [1.807, 2.05) is 147 Å². The SMILES string of the molecule is CCOCCn1c(N2CCCN(C)CC2)nc2ccccc21.CN1CCC(C(O)(c2ccc(F)cc2)c2ccc(F)cc2)CC1.CN1CCC(C(O)(c2ccccc2)c2ccccc2)CC1.CN1CCC(Nc2nc3ccccc3n2Cc2ccc(F)cc2)CC1.CN1CCCN(c2nc3ccccc3n2Cc2ccc(F)cc2)CCC1.CNC1CCN(c2nc3ccccc3n2Cc2ccc(F)cc2)CC1. The molecule has 142 heavy (non-hydrogen) atoms. The number of rotatable bonds is 22. The van der Waals surface area contributed by atoms with Gasteiger partial charge < -0.3 is 83.1 Å². The van der Waals surface area contributed by atoms with Gasteiger partial charge in [-0.15, -0.1) is 0 Å². The lowest BCUT2D eigenvalue weighted by molar-refractivity contribution is -0.0111. The highest BCUT2D eigenvalue weighted by atomic mass is 19.1. The first-order valence-corrected chi connectivity index (χ1v) is 51.0. The zero-order valence-corrected chi connectivity index (χ0v) is 83.5. The van der Waals surface area contributed by atoms with Crippen LogP contribution < -0.4 is 25.3 Å². The Morgan fingerprint density at radius 2 is 0.606 bits per heavy atom. The Labute approximate surface area is 834 Å². The van der Waals surface area contributed by atoms with Crippen molar-refractivity contribution in [3.63, 3.8) is 0 Å². The predicted octanol–water partition coefficient (Wildman–Crippen LogP) is 19.9. The predicted molar refractivity (Wildman–Crippen MR) is 566 cm³/mol. The second kappa shape index (κ2) is 49.7. The summed E-state index contributed by atoms with van der Waals surface area (Å²) in [7, 11) is 12.8. The number of hydrogen-bond acceptors (Lipinski definition) is 17. The molecule has 4 N–H and O–H groups in total. The molecule has 0 bridgehead atoms. The van der Waals surface area contributed by atoms with E-state index >= 15 is 0 Å². The monoisotopic (exact) mass is 1930 g/mol. The Morgan fingerprint density at radius 3 is 0.993 bits per heavy atom. The van der Waals surface area contributed by atoms with Crippen LogP contribution in [0.3, 0.4) is 0 Å². The van der Waals surface area contributed by atoms with Gasteiger partial charge in [0.1, 0.15) is 40.3 Å². The van der Waals surface area contributed by atoms with Crippen LogP contribution in [0.1, 0.15) is 116 Å². The molecule has 0 unspecified atom stereocenters. The van der Waals surface area contributed by atoms with Crippen LogP contribution in [-0.4, -0.2) is 245 Å². The van der Waals surface area contributed by atoms with E-state index in [1.54, 1.807) is 24.3 Å². The fourth-order valence-electron chi connectivity index (χ4n) is 20.8. The van der Waals surface area contributed by atoms with Gasteiger partial charge in [-0.3, -0.25) is 0 Å². The number of aliphatic hydroxyl groups is 2. The maximum Gasteiger partial charge on any atom is 0.206 e. The summed E-state index contributed by atoms with van der Waals surface area (Å²) in [6.45, 7) is 23.2. The van der Waals surface area contributed by atoms with Gasteiger partial charge in [0, 0.05) is 71.0 Å². The van der Waals surface area contributed by atoms with E-state index in [0.29, 0.717) is 42.8 Å². The molecule has 0 radical (unpaired) electrons. The van der Waals surface area contributed by atoms with Crippen molar-refractivity contribution in [2.45, 2.75) is 127 Å². The molecule has 6 saturated heterocycles. The molecule has 4 aromatic heterocycles. The summed E-state index contributed by atoms with van der Waals surface area (Å²) in [6.07, 6.45) is 11.7. The maximum absolute atomic E-state index is 13.3. The second-order valence-electron chi connectivity index (χ2n) is 39.0. The third kappa shape index (κ3) is 26.2. The van der Waals surface area contributed by atoms with Crippen molar-refractivity contribution in [1.29, 1.82) is 0 Å². The van der Waals surface area contributed by atoms with E-state index in [1.165, 1.54) is 72.6 Å². The van der Waals surface area contributed by atoms with Gasteiger partial charge in [0.2, 0.25) is 23.8 Å². The number of fused-ring (bicyclic) bond motifs is 4. The smallest absolute Gasteiger partial charge is 0.206 e. The van der Waals surface area contributed by atoms with Gasteiger partial charge in [0.05, 0.1) is 70.4 Å².